The van der Waals surface area contributed by atoms with Crippen molar-refractivity contribution in [2.45, 2.75) is 32.2 Å². The van der Waals surface area contributed by atoms with Crippen molar-refractivity contribution in [2.24, 2.45) is 5.92 Å². The zero-order valence-corrected chi connectivity index (χ0v) is 13.5. The maximum Gasteiger partial charge on any atom is 0.471 e. The summed E-state index contributed by atoms with van der Waals surface area (Å²) in [5.41, 5.74) is 0.699. The summed E-state index contributed by atoms with van der Waals surface area (Å²) < 4.78 is 42.0. The van der Waals surface area contributed by atoms with E-state index in [1.165, 1.54) is 13.0 Å². The maximum absolute atomic E-state index is 12.4. The van der Waals surface area contributed by atoms with Gasteiger partial charge >= 0.3 is 18.1 Å². The van der Waals surface area contributed by atoms with Gasteiger partial charge in [-0.15, -0.1) is 6.58 Å². The van der Waals surface area contributed by atoms with E-state index in [4.69, 9.17) is 4.74 Å². The summed E-state index contributed by atoms with van der Waals surface area (Å²) in [7, 11) is 0. The smallest absolute Gasteiger partial charge is 0.460 e. The van der Waals surface area contributed by atoms with Gasteiger partial charge in [0.05, 0.1) is 6.04 Å². The van der Waals surface area contributed by atoms with Gasteiger partial charge in [0.2, 0.25) is 0 Å². The van der Waals surface area contributed by atoms with Gasteiger partial charge in [0, 0.05) is 5.92 Å². The van der Waals surface area contributed by atoms with Crippen molar-refractivity contribution in [1.29, 1.82) is 0 Å². The Balaban J connectivity index is 2.66. The van der Waals surface area contributed by atoms with Crippen LogP contribution in [0.4, 0.5) is 13.2 Å². The number of ketones is 1. The van der Waals surface area contributed by atoms with E-state index in [0.717, 1.165) is 0 Å². The van der Waals surface area contributed by atoms with Crippen LogP contribution in [0, 0.1) is 5.92 Å². The predicted octanol–water partition coefficient (Wildman–Crippen LogP) is 2.56. The average Bonchev–Trinajstić information content (AvgIpc) is 2.56. The van der Waals surface area contributed by atoms with Crippen molar-refractivity contribution in [3.63, 3.8) is 0 Å². The molecular weight excluding hydrogens is 339 g/mol. The van der Waals surface area contributed by atoms with Crippen LogP contribution >= 0.6 is 0 Å². The molecule has 1 N–H and O–H groups in total. The summed E-state index contributed by atoms with van der Waals surface area (Å²) in [4.78, 5) is 34.9. The fraction of sp³-hybridized carbons (Fsp3) is 0.353. The molecule has 0 saturated heterocycles. The van der Waals surface area contributed by atoms with Gasteiger partial charge in [0.25, 0.3) is 0 Å². The molecule has 0 aliphatic heterocycles. The average molecular weight is 357 g/mol. The number of amides is 1. The number of nitrogens with one attached hydrogen (secondary N) is 1. The third kappa shape index (κ3) is 6.78. The summed E-state index contributed by atoms with van der Waals surface area (Å²) in [6.45, 7) is 4.73. The van der Waals surface area contributed by atoms with Crippen molar-refractivity contribution in [3.05, 3.63) is 48.6 Å². The minimum atomic E-state index is -5.13. The van der Waals surface area contributed by atoms with E-state index in [2.05, 4.69) is 6.58 Å². The molecule has 25 heavy (non-hydrogen) atoms. The Morgan fingerprint density at radius 2 is 1.84 bits per heavy atom. The Labute approximate surface area is 142 Å². The largest absolute Gasteiger partial charge is 0.471 e. The number of esters is 1. The molecule has 1 rings (SSSR count). The second-order valence-electron chi connectivity index (χ2n) is 5.33. The van der Waals surface area contributed by atoms with E-state index >= 15 is 0 Å². The molecule has 1 amide bonds. The lowest BCUT2D eigenvalue weighted by Gasteiger charge is -2.22. The minimum absolute atomic E-state index is 0.0659. The SMILES string of the molecule is C=C[C@H](C)[C@@H](NC(=O)C(F)(F)F)C(=O)CC(=O)OCc1ccccc1. The highest BCUT2D eigenvalue weighted by atomic mass is 19.4. The summed E-state index contributed by atoms with van der Waals surface area (Å²) in [6, 6.07) is 7.16. The molecule has 0 saturated carbocycles. The Bertz CT molecular complexity index is 629. The Morgan fingerprint density at radius 1 is 1.24 bits per heavy atom. The number of Topliss-reactive ketones (excluding diaryl/α,β-unsaturated/α-hetero) is 1. The van der Waals surface area contributed by atoms with Crippen molar-refractivity contribution in [2.75, 3.05) is 0 Å². The molecular formula is C17H18F3NO4. The lowest BCUT2D eigenvalue weighted by atomic mass is 9.96. The van der Waals surface area contributed by atoms with E-state index in [1.807, 2.05) is 0 Å². The maximum atomic E-state index is 12.4. The number of carbonyl (C=O) groups excluding carboxylic acids is 3. The van der Waals surface area contributed by atoms with Crippen LogP contribution < -0.4 is 5.32 Å². The van der Waals surface area contributed by atoms with E-state index in [1.54, 1.807) is 35.6 Å². The first-order chi connectivity index (χ1) is 11.6. The Kier molecular flexibility index (Phi) is 7.35. The monoisotopic (exact) mass is 357 g/mol. The first-order valence-electron chi connectivity index (χ1n) is 7.37. The topological polar surface area (TPSA) is 72.5 Å². The van der Waals surface area contributed by atoms with Crippen LogP contribution in [-0.2, 0) is 25.7 Å². The van der Waals surface area contributed by atoms with E-state index < -0.39 is 42.2 Å². The van der Waals surface area contributed by atoms with Crippen molar-refractivity contribution >= 4 is 17.7 Å². The van der Waals surface area contributed by atoms with Gasteiger partial charge in [-0.1, -0.05) is 43.3 Å². The number of hydrogen-bond donors (Lipinski definition) is 1. The molecule has 0 spiro atoms. The van der Waals surface area contributed by atoms with Crippen LogP contribution in [-0.4, -0.2) is 29.9 Å². The second-order valence-corrected chi connectivity index (χ2v) is 5.33. The van der Waals surface area contributed by atoms with Gasteiger partial charge in [-0.3, -0.25) is 14.4 Å². The molecule has 0 aliphatic carbocycles. The molecule has 0 aliphatic rings. The van der Waals surface area contributed by atoms with Crippen LogP contribution in [0.3, 0.4) is 0 Å². The van der Waals surface area contributed by atoms with Crippen molar-refractivity contribution in [3.8, 4) is 0 Å². The summed E-state index contributed by atoms with van der Waals surface area (Å²) in [5.74, 6) is -4.82. The number of hydrogen-bond acceptors (Lipinski definition) is 4. The highest BCUT2D eigenvalue weighted by Gasteiger charge is 2.41. The highest BCUT2D eigenvalue weighted by molar-refractivity contribution is 6.00. The standard InChI is InChI=1S/C17H18F3NO4/c1-3-11(2)15(21-16(24)17(18,19)20)13(22)9-14(23)25-10-12-7-5-4-6-8-12/h3-8,11,15H,1,9-10H2,2H3,(H,21,24)/t11-,15+/m0/s1. The fourth-order valence-corrected chi connectivity index (χ4v) is 1.91. The number of halogens is 3. The molecule has 0 aromatic heterocycles. The molecule has 0 bridgehead atoms. The second kappa shape index (κ2) is 9.00. The molecule has 0 unspecified atom stereocenters. The Morgan fingerprint density at radius 3 is 2.36 bits per heavy atom. The van der Waals surface area contributed by atoms with Crippen molar-refractivity contribution in [1.82, 2.24) is 5.32 Å². The van der Waals surface area contributed by atoms with Crippen molar-refractivity contribution < 1.29 is 32.3 Å². The van der Waals surface area contributed by atoms with E-state index in [0.29, 0.717) is 5.56 Å². The number of alkyl halides is 3. The van der Waals surface area contributed by atoms with E-state index in [9.17, 15) is 27.6 Å². The number of benzene rings is 1. The number of rotatable bonds is 8. The summed E-state index contributed by atoms with van der Waals surface area (Å²) >= 11 is 0. The summed E-state index contributed by atoms with van der Waals surface area (Å²) in [5, 5.41) is 1.59. The molecule has 0 fully saturated rings. The first-order valence-corrected chi connectivity index (χ1v) is 7.37. The number of ether oxygens (including phenoxy) is 1. The third-order valence-electron chi connectivity index (χ3n) is 3.35. The molecule has 8 heteroatoms. The quantitative estimate of drug-likeness (QED) is 0.441. The van der Waals surface area contributed by atoms with Crippen LogP contribution in [0.1, 0.15) is 18.9 Å². The Hall–Kier alpha value is -2.64. The molecule has 0 radical (unpaired) electrons. The van der Waals surface area contributed by atoms with Crippen LogP contribution in [0.2, 0.25) is 0 Å². The molecule has 1 aromatic rings. The van der Waals surface area contributed by atoms with Gasteiger partial charge in [0.15, 0.2) is 5.78 Å². The third-order valence-corrected chi connectivity index (χ3v) is 3.35. The molecule has 5 nitrogen and oxygen atoms in total. The normalized spacial score (nSPS) is 13.4. The van der Waals surface area contributed by atoms with Gasteiger partial charge in [0.1, 0.15) is 13.0 Å². The lowest BCUT2D eigenvalue weighted by Crippen LogP contribution is -2.50. The predicted molar refractivity (Wildman–Crippen MR) is 83.2 cm³/mol. The molecule has 1 aromatic carbocycles. The van der Waals surface area contributed by atoms with Gasteiger partial charge in [-0.25, -0.2) is 0 Å². The van der Waals surface area contributed by atoms with Gasteiger partial charge in [-0.05, 0) is 5.56 Å². The lowest BCUT2D eigenvalue weighted by molar-refractivity contribution is -0.175. The fourth-order valence-electron chi connectivity index (χ4n) is 1.91. The van der Waals surface area contributed by atoms with Crippen LogP contribution in [0.15, 0.2) is 43.0 Å². The zero-order chi connectivity index (χ0) is 19.0. The van der Waals surface area contributed by atoms with E-state index in [-0.39, 0.29) is 6.61 Å². The zero-order valence-electron chi connectivity index (χ0n) is 13.5. The minimum Gasteiger partial charge on any atom is -0.460 e. The molecule has 0 heterocycles. The van der Waals surface area contributed by atoms with Crippen LogP contribution in [0.25, 0.3) is 0 Å². The molecule has 136 valence electrons. The molecule has 2 atom stereocenters. The van der Waals surface area contributed by atoms with Gasteiger partial charge in [-0.2, -0.15) is 13.2 Å². The van der Waals surface area contributed by atoms with Gasteiger partial charge < -0.3 is 10.1 Å². The first kappa shape index (κ1) is 20.4. The number of carbonyl (C=O) groups is 3. The summed E-state index contributed by atoms with van der Waals surface area (Å²) in [6.07, 6.45) is -4.67. The van der Waals surface area contributed by atoms with Crippen LogP contribution in [0.5, 0.6) is 0 Å². The highest BCUT2D eigenvalue weighted by Crippen LogP contribution is 2.17.